The van der Waals surface area contributed by atoms with Crippen molar-refractivity contribution in [3.05, 3.63) is 95.3 Å². The summed E-state index contributed by atoms with van der Waals surface area (Å²) in [5.41, 5.74) is 4.05. The molecule has 1 aliphatic carbocycles. The lowest BCUT2D eigenvalue weighted by Gasteiger charge is -2.29. The lowest BCUT2D eigenvalue weighted by atomic mass is 9.77. The van der Waals surface area contributed by atoms with Crippen LogP contribution in [-0.2, 0) is 4.79 Å². The zero-order valence-corrected chi connectivity index (χ0v) is 20.9. The third-order valence-corrected chi connectivity index (χ3v) is 6.86. The maximum Gasteiger partial charge on any atom is 0.281 e. The van der Waals surface area contributed by atoms with Gasteiger partial charge in [-0.3, -0.25) is 4.79 Å². The van der Waals surface area contributed by atoms with Crippen LogP contribution in [0.3, 0.4) is 0 Å². The number of halogens is 1. The topological polar surface area (TPSA) is 60.4 Å². The van der Waals surface area contributed by atoms with Crippen LogP contribution in [0.25, 0.3) is 6.08 Å². The second-order valence-electron chi connectivity index (χ2n) is 9.10. The summed E-state index contributed by atoms with van der Waals surface area (Å²) in [6.07, 6.45) is 4.92. The molecule has 0 spiro atoms. The van der Waals surface area contributed by atoms with Gasteiger partial charge < -0.3 is 14.2 Å². The van der Waals surface area contributed by atoms with E-state index in [2.05, 4.69) is 6.08 Å². The van der Waals surface area contributed by atoms with Crippen molar-refractivity contribution in [2.75, 3.05) is 20.8 Å². The first kappa shape index (κ1) is 24.6. The van der Waals surface area contributed by atoms with Gasteiger partial charge in [-0.25, -0.2) is 9.40 Å². The third kappa shape index (κ3) is 5.21. The number of hydrogen-bond donors (Lipinski definition) is 0. The summed E-state index contributed by atoms with van der Waals surface area (Å²) in [7, 11) is 3.27. The predicted molar refractivity (Wildman–Crippen MR) is 140 cm³/mol. The summed E-state index contributed by atoms with van der Waals surface area (Å²) in [5.74, 6) is 0.800. The van der Waals surface area contributed by atoms with Gasteiger partial charge in [-0.1, -0.05) is 36.4 Å². The Morgan fingerprint density at radius 2 is 1.68 bits per heavy atom. The highest BCUT2D eigenvalue weighted by molar-refractivity contribution is 6.08. The molecule has 1 saturated carbocycles. The molecule has 1 heterocycles. The van der Waals surface area contributed by atoms with Crippen molar-refractivity contribution in [2.24, 2.45) is 11.0 Å². The minimum Gasteiger partial charge on any atom is -0.497 e. The molecule has 7 heteroatoms. The lowest BCUT2D eigenvalue weighted by Crippen LogP contribution is -2.34. The van der Waals surface area contributed by atoms with E-state index in [-0.39, 0.29) is 30.2 Å². The third-order valence-electron chi connectivity index (χ3n) is 6.86. The van der Waals surface area contributed by atoms with E-state index in [1.807, 2.05) is 48.5 Å². The predicted octanol–water partition coefficient (Wildman–Crippen LogP) is 6.04. The largest absolute Gasteiger partial charge is 0.497 e. The van der Waals surface area contributed by atoms with Crippen LogP contribution >= 0.6 is 0 Å². The number of hydrazone groups is 1. The minimum atomic E-state index is -0.506. The molecule has 6 nitrogen and oxygen atoms in total. The molecule has 3 aromatic carbocycles. The molecule has 190 valence electrons. The second kappa shape index (κ2) is 10.9. The van der Waals surface area contributed by atoms with Crippen LogP contribution in [-0.4, -0.2) is 37.5 Å². The first-order valence-corrected chi connectivity index (χ1v) is 12.3. The van der Waals surface area contributed by atoms with E-state index in [0.29, 0.717) is 0 Å². The highest BCUT2D eigenvalue weighted by Gasteiger charge is 2.43. The van der Waals surface area contributed by atoms with Crippen LogP contribution in [0.15, 0.2) is 83.5 Å². The average Bonchev–Trinajstić information content (AvgIpc) is 3.34. The zero-order valence-electron chi connectivity index (χ0n) is 20.9. The second-order valence-corrected chi connectivity index (χ2v) is 9.10. The van der Waals surface area contributed by atoms with Gasteiger partial charge in [0.05, 0.1) is 26.0 Å². The number of ether oxygens (including phenoxy) is 3. The molecule has 0 N–H and O–H groups in total. The van der Waals surface area contributed by atoms with Gasteiger partial charge in [0.15, 0.2) is 18.2 Å². The van der Waals surface area contributed by atoms with Crippen LogP contribution in [0.5, 0.6) is 17.2 Å². The van der Waals surface area contributed by atoms with Crippen molar-refractivity contribution < 1.29 is 23.4 Å². The Bertz CT molecular complexity index is 1320. The van der Waals surface area contributed by atoms with E-state index >= 15 is 0 Å². The highest BCUT2D eigenvalue weighted by atomic mass is 19.1. The molecule has 2 aliphatic rings. The maximum atomic E-state index is 14.1. The van der Waals surface area contributed by atoms with Crippen LogP contribution in [0, 0.1) is 11.7 Å². The molecule has 1 aliphatic heterocycles. The van der Waals surface area contributed by atoms with E-state index in [4.69, 9.17) is 19.3 Å². The van der Waals surface area contributed by atoms with Gasteiger partial charge in [0, 0.05) is 5.92 Å². The number of hydrogen-bond acceptors (Lipinski definition) is 5. The average molecular weight is 501 g/mol. The number of amides is 1. The summed E-state index contributed by atoms with van der Waals surface area (Å²) in [5, 5.41) is 6.38. The number of methoxy groups -OCH3 is 2. The Balaban J connectivity index is 1.46. The van der Waals surface area contributed by atoms with Crippen molar-refractivity contribution in [1.29, 1.82) is 0 Å². The SMILES string of the molecule is COc1ccc(/C=C2/CCC[C@H]3C2=NN(C(=O)COc2ccccc2F)[C@H]3c2ccc(OC)cc2)cc1. The first-order valence-electron chi connectivity index (χ1n) is 12.3. The molecule has 37 heavy (non-hydrogen) atoms. The molecule has 1 fully saturated rings. The monoisotopic (exact) mass is 500 g/mol. The number of benzene rings is 3. The van der Waals surface area contributed by atoms with Crippen molar-refractivity contribution in [3.8, 4) is 17.2 Å². The van der Waals surface area contributed by atoms with Gasteiger partial charge >= 0.3 is 0 Å². The smallest absolute Gasteiger partial charge is 0.281 e. The van der Waals surface area contributed by atoms with Gasteiger partial charge in [0.1, 0.15) is 11.5 Å². The number of allylic oxidation sites excluding steroid dienone is 1. The quantitative estimate of drug-likeness (QED) is 0.397. The van der Waals surface area contributed by atoms with Crippen LogP contribution in [0.1, 0.15) is 36.4 Å². The molecule has 0 bridgehead atoms. The summed E-state index contributed by atoms with van der Waals surface area (Å²) in [6.45, 7) is -0.311. The summed E-state index contributed by atoms with van der Waals surface area (Å²) >= 11 is 0. The van der Waals surface area contributed by atoms with Gasteiger partial charge in [0.2, 0.25) is 0 Å². The minimum absolute atomic E-state index is 0.0428. The standard InChI is InChI=1S/C30H29FN2O4/c1-35-23-14-10-20(11-15-23)18-22-6-5-7-25-29(22)32-33(30(25)21-12-16-24(36-2)17-13-21)28(34)19-37-27-9-4-3-8-26(27)31/h3-4,8-18,25,30H,5-7,19H2,1-2H3/b22-18-/t25-,30-/m0/s1. The zero-order chi connectivity index (χ0) is 25.8. The normalized spacial score (nSPS) is 19.8. The Hall–Kier alpha value is -4.13. The number of fused-ring (bicyclic) bond motifs is 1. The van der Waals surface area contributed by atoms with E-state index < -0.39 is 5.82 Å². The molecular formula is C30H29FN2O4. The van der Waals surface area contributed by atoms with Crippen molar-refractivity contribution in [1.82, 2.24) is 5.01 Å². The number of rotatable bonds is 7. The Labute approximate surface area is 216 Å². The van der Waals surface area contributed by atoms with E-state index in [1.165, 1.54) is 17.1 Å². The molecule has 3 aromatic rings. The fourth-order valence-corrected chi connectivity index (χ4v) is 5.01. The van der Waals surface area contributed by atoms with Crippen molar-refractivity contribution in [2.45, 2.75) is 25.3 Å². The van der Waals surface area contributed by atoms with Gasteiger partial charge in [-0.15, -0.1) is 0 Å². The van der Waals surface area contributed by atoms with E-state index in [9.17, 15) is 9.18 Å². The molecule has 0 radical (unpaired) electrons. The van der Waals surface area contributed by atoms with E-state index in [1.54, 1.807) is 26.4 Å². The fraction of sp³-hybridized carbons (Fsp3) is 0.267. The summed E-state index contributed by atoms with van der Waals surface area (Å²) in [4.78, 5) is 13.4. The summed E-state index contributed by atoms with van der Waals surface area (Å²) < 4.78 is 30.2. The van der Waals surface area contributed by atoms with Gasteiger partial charge in [0.25, 0.3) is 5.91 Å². The Kier molecular flexibility index (Phi) is 7.21. The number of carbonyl (C=O) groups is 1. The molecule has 2 atom stereocenters. The van der Waals surface area contributed by atoms with E-state index in [0.717, 1.165) is 53.2 Å². The first-order chi connectivity index (χ1) is 18.1. The van der Waals surface area contributed by atoms with Crippen molar-refractivity contribution in [3.63, 3.8) is 0 Å². The fourth-order valence-electron chi connectivity index (χ4n) is 5.01. The number of nitrogens with zero attached hydrogens (tertiary/aromatic N) is 2. The molecule has 0 aromatic heterocycles. The molecule has 1 amide bonds. The number of carbonyl (C=O) groups excluding carboxylic acids is 1. The molecule has 0 saturated heterocycles. The summed E-state index contributed by atoms with van der Waals surface area (Å²) in [6, 6.07) is 21.4. The number of para-hydroxylation sites is 1. The lowest BCUT2D eigenvalue weighted by molar-refractivity contribution is -0.135. The van der Waals surface area contributed by atoms with Crippen molar-refractivity contribution >= 4 is 17.7 Å². The Morgan fingerprint density at radius 1 is 1.00 bits per heavy atom. The van der Waals surface area contributed by atoms with Crippen LogP contribution in [0.2, 0.25) is 0 Å². The van der Waals surface area contributed by atoms with Crippen LogP contribution in [0.4, 0.5) is 4.39 Å². The Morgan fingerprint density at radius 3 is 2.35 bits per heavy atom. The molecule has 0 unspecified atom stereocenters. The van der Waals surface area contributed by atoms with Gasteiger partial charge in [-0.05, 0) is 78.4 Å². The highest BCUT2D eigenvalue weighted by Crippen LogP contribution is 2.44. The molecule has 5 rings (SSSR count). The maximum absolute atomic E-state index is 14.1. The van der Waals surface area contributed by atoms with Crippen LogP contribution < -0.4 is 14.2 Å². The van der Waals surface area contributed by atoms with Gasteiger partial charge in [-0.2, -0.15) is 5.10 Å². The molecular weight excluding hydrogens is 471 g/mol.